The molecule has 0 aliphatic rings. The molecule has 0 amide bonds. The average molecular weight is 345 g/mol. The summed E-state index contributed by atoms with van der Waals surface area (Å²) in [6.45, 7) is 9.67. The summed E-state index contributed by atoms with van der Waals surface area (Å²) in [5, 5.41) is 11.1. The Kier molecular flexibility index (Phi) is 5.82. The van der Waals surface area contributed by atoms with Crippen molar-refractivity contribution in [3.8, 4) is 0 Å². The highest BCUT2D eigenvalue weighted by Crippen LogP contribution is 2.22. The Labute approximate surface area is 149 Å². The molecule has 1 aromatic heterocycles. The number of benzene rings is 1. The fourth-order valence-corrected chi connectivity index (χ4v) is 2.77. The fraction of sp³-hybridized carbons (Fsp3) is 0.474. The zero-order valence-corrected chi connectivity index (χ0v) is 15.9. The van der Waals surface area contributed by atoms with E-state index in [-0.39, 0.29) is 11.2 Å². The lowest BCUT2D eigenvalue weighted by Gasteiger charge is -2.26. The van der Waals surface area contributed by atoms with Gasteiger partial charge in [-0.25, -0.2) is 4.39 Å². The molecule has 1 heterocycles. The van der Waals surface area contributed by atoms with Gasteiger partial charge in [0.15, 0.2) is 5.96 Å². The Morgan fingerprint density at radius 1 is 1.20 bits per heavy atom. The van der Waals surface area contributed by atoms with E-state index < -0.39 is 0 Å². The molecule has 5 nitrogen and oxygen atoms in total. The monoisotopic (exact) mass is 345 g/mol. The van der Waals surface area contributed by atoms with Crippen molar-refractivity contribution in [1.82, 2.24) is 20.4 Å². The number of halogens is 1. The van der Waals surface area contributed by atoms with Gasteiger partial charge in [0.05, 0.1) is 5.69 Å². The van der Waals surface area contributed by atoms with Crippen LogP contribution in [0.25, 0.3) is 0 Å². The van der Waals surface area contributed by atoms with Gasteiger partial charge < -0.3 is 10.6 Å². The van der Waals surface area contributed by atoms with Gasteiger partial charge in [0.2, 0.25) is 0 Å². The van der Waals surface area contributed by atoms with E-state index in [1.165, 1.54) is 17.7 Å². The summed E-state index contributed by atoms with van der Waals surface area (Å²) in [6, 6.07) is 6.65. The zero-order valence-electron chi connectivity index (χ0n) is 15.9. The number of nitrogens with one attached hydrogen (secondary N) is 2. The Hall–Kier alpha value is -2.37. The van der Waals surface area contributed by atoms with E-state index in [2.05, 4.69) is 41.5 Å². The van der Waals surface area contributed by atoms with Crippen molar-refractivity contribution in [1.29, 1.82) is 0 Å². The average Bonchev–Trinajstić information content (AvgIpc) is 2.81. The van der Waals surface area contributed by atoms with Crippen LogP contribution < -0.4 is 10.6 Å². The number of aliphatic imine (C=N–C) groups is 1. The van der Waals surface area contributed by atoms with Crippen LogP contribution in [0.5, 0.6) is 0 Å². The second kappa shape index (κ2) is 7.68. The number of aryl methyl sites for hydroxylation is 2. The molecule has 0 fully saturated rings. The molecule has 1 aromatic carbocycles. The maximum Gasteiger partial charge on any atom is 0.191 e. The first-order valence-corrected chi connectivity index (χ1v) is 8.44. The molecule has 0 aliphatic carbocycles. The van der Waals surface area contributed by atoms with Gasteiger partial charge in [-0.3, -0.25) is 9.67 Å². The SMILES string of the molecule is CN=C(NCc1c(C)nn(C)c1C)NCC(C)(C)c1ccc(F)cc1. The Morgan fingerprint density at radius 2 is 1.84 bits per heavy atom. The number of hydrogen-bond acceptors (Lipinski definition) is 2. The van der Waals surface area contributed by atoms with Crippen molar-refractivity contribution >= 4 is 5.96 Å². The molecule has 0 atom stereocenters. The quantitative estimate of drug-likeness (QED) is 0.647. The third kappa shape index (κ3) is 4.59. The third-order valence-corrected chi connectivity index (χ3v) is 4.64. The Morgan fingerprint density at radius 3 is 2.36 bits per heavy atom. The van der Waals surface area contributed by atoms with E-state index in [0.29, 0.717) is 13.1 Å². The molecule has 136 valence electrons. The minimum Gasteiger partial charge on any atom is -0.356 e. The molecule has 0 spiro atoms. The van der Waals surface area contributed by atoms with Crippen molar-refractivity contribution in [2.75, 3.05) is 13.6 Å². The van der Waals surface area contributed by atoms with E-state index in [9.17, 15) is 4.39 Å². The molecule has 0 bridgehead atoms. The highest BCUT2D eigenvalue weighted by atomic mass is 19.1. The second-order valence-corrected chi connectivity index (χ2v) is 6.94. The lowest BCUT2D eigenvalue weighted by Crippen LogP contribution is -2.43. The van der Waals surface area contributed by atoms with E-state index >= 15 is 0 Å². The number of guanidine groups is 1. The van der Waals surface area contributed by atoms with Crippen LogP contribution in [0.1, 0.15) is 36.4 Å². The van der Waals surface area contributed by atoms with Crippen molar-refractivity contribution < 1.29 is 4.39 Å². The largest absolute Gasteiger partial charge is 0.356 e. The number of hydrogen-bond donors (Lipinski definition) is 2. The van der Waals surface area contributed by atoms with Crippen molar-refractivity contribution in [3.63, 3.8) is 0 Å². The predicted octanol–water partition coefficient (Wildman–Crippen LogP) is 2.82. The number of nitrogens with zero attached hydrogens (tertiary/aromatic N) is 3. The predicted molar refractivity (Wildman–Crippen MR) is 100 cm³/mol. The van der Waals surface area contributed by atoms with Crippen LogP contribution in [-0.4, -0.2) is 29.3 Å². The molecular formula is C19H28FN5. The minimum atomic E-state index is -0.216. The maximum absolute atomic E-state index is 13.1. The summed E-state index contributed by atoms with van der Waals surface area (Å²) >= 11 is 0. The summed E-state index contributed by atoms with van der Waals surface area (Å²) in [5.74, 6) is 0.519. The molecule has 0 aliphatic heterocycles. The smallest absolute Gasteiger partial charge is 0.191 e. The van der Waals surface area contributed by atoms with Gasteiger partial charge in [0, 0.05) is 43.9 Å². The molecule has 2 aromatic rings. The Bertz CT molecular complexity index is 744. The lowest BCUT2D eigenvalue weighted by atomic mass is 9.84. The van der Waals surface area contributed by atoms with Crippen LogP contribution in [0.3, 0.4) is 0 Å². The first-order valence-electron chi connectivity index (χ1n) is 8.44. The van der Waals surface area contributed by atoms with Gasteiger partial charge in [-0.1, -0.05) is 26.0 Å². The molecule has 6 heteroatoms. The van der Waals surface area contributed by atoms with Crippen LogP contribution in [0, 0.1) is 19.7 Å². The molecular weight excluding hydrogens is 317 g/mol. The van der Waals surface area contributed by atoms with Crippen molar-refractivity contribution in [2.24, 2.45) is 12.0 Å². The maximum atomic E-state index is 13.1. The van der Waals surface area contributed by atoms with Gasteiger partial charge >= 0.3 is 0 Å². The van der Waals surface area contributed by atoms with E-state index in [1.807, 2.05) is 30.8 Å². The van der Waals surface area contributed by atoms with E-state index in [0.717, 1.165) is 22.9 Å². The molecule has 0 saturated carbocycles. The van der Waals surface area contributed by atoms with Crippen LogP contribution in [0.15, 0.2) is 29.3 Å². The van der Waals surface area contributed by atoms with Crippen LogP contribution in [0.2, 0.25) is 0 Å². The van der Waals surface area contributed by atoms with Crippen LogP contribution in [0.4, 0.5) is 4.39 Å². The first-order chi connectivity index (χ1) is 11.7. The number of rotatable bonds is 5. The zero-order chi connectivity index (χ0) is 18.6. The fourth-order valence-electron chi connectivity index (χ4n) is 2.77. The van der Waals surface area contributed by atoms with Crippen LogP contribution in [-0.2, 0) is 19.0 Å². The molecule has 25 heavy (non-hydrogen) atoms. The summed E-state index contributed by atoms with van der Waals surface area (Å²) in [4.78, 5) is 4.29. The highest BCUT2D eigenvalue weighted by molar-refractivity contribution is 5.79. The lowest BCUT2D eigenvalue weighted by molar-refractivity contribution is 0.507. The van der Waals surface area contributed by atoms with Gasteiger partial charge in [-0.2, -0.15) is 5.10 Å². The van der Waals surface area contributed by atoms with E-state index in [4.69, 9.17) is 0 Å². The highest BCUT2D eigenvalue weighted by Gasteiger charge is 2.21. The molecule has 0 radical (unpaired) electrons. The summed E-state index contributed by atoms with van der Waals surface area (Å²) in [6.07, 6.45) is 0. The van der Waals surface area contributed by atoms with E-state index in [1.54, 1.807) is 7.05 Å². The Balaban J connectivity index is 1.97. The molecule has 0 saturated heterocycles. The van der Waals surface area contributed by atoms with Gasteiger partial charge in [0.1, 0.15) is 5.82 Å². The van der Waals surface area contributed by atoms with Crippen molar-refractivity contribution in [3.05, 3.63) is 52.6 Å². The normalized spacial score (nSPS) is 12.4. The third-order valence-electron chi connectivity index (χ3n) is 4.64. The van der Waals surface area contributed by atoms with Gasteiger partial charge in [0.25, 0.3) is 0 Å². The number of aromatic nitrogens is 2. The summed E-state index contributed by atoms with van der Waals surface area (Å²) in [5.41, 5.74) is 4.28. The van der Waals surface area contributed by atoms with Crippen molar-refractivity contribution in [2.45, 2.75) is 39.7 Å². The second-order valence-electron chi connectivity index (χ2n) is 6.94. The van der Waals surface area contributed by atoms with Gasteiger partial charge in [-0.05, 0) is 31.5 Å². The van der Waals surface area contributed by atoms with Crippen LogP contribution >= 0.6 is 0 Å². The summed E-state index contributed by atoms with van der Waals surface area (Å²) in [7, 11) is 3.70. The molecule has 2 N–H and O–H groups in total. The van der Waals surface area contributed by atoms with Gasteiger partial charge in [-0.15, -0.1) is 0 Å². The molecule has 2 rings (SSSR count). The summed E-state index contributed by atoms with van der Waals surface area (Å²) < 4.78 is 15.0. The standard InChI is InChI=1S/C19H28FN5/c1-13-17(14(2)25(6)24-13)11-22-18(21-5)23-12-19(3,4)15-7-9-16(20)10-8-15/h7-10H,11-12H2,1-6H3,(H2,21,22,23). The minimum absolute atomic E-state index is 0.147. The molecule has 0 unspecified atom stereocenters. The topological polar surface area (TPSA) is 54.2 Å². The first kappa shape index (κ1) is 19.0.